The molecular weight excluding hydrogens is 244 g/mol. The van der Waals surface area contributed by atoms with E-state index < -0.39 is 0 Å². The van der Waals surface area contributed by atoms with Gasteiger partial charge in [-0.3, -0.25) is 0 Å². The van der Waals surface area contributed by atoms with Crippen molar-refractivity contribution in [2.75, 3.05) is 20.1 Å². The third-order valence-corrected chi connectivity index (χ3v) is 4.60. The smallest absolute Gasteiger partial charge is 0.0233 e. The predicted molar refractivity (Wildman–Crippen MR) is 86.9 cm³/mol. The third kappa shape index (κ3) is 4.60. The first-order valence-corrected chi connectivity index (χ1v) is 7.99. The van der Waals surface area contributed by atoms with Crippen LogP contribution in [0.15, 0.2) is 24.3 Å². The molecule has 0 bridgehead atoms. The lowest BCUT2D eigenvalue weighted by molar-refractivity contribution is 0.174. The number of hydrogen-bond donors (Lipinski definition) is 1. The Bertz CT molecular complexity index is 425. The molecule has 112 valence electrons. The molecule has 0 spiro atoms. The number of benzene rings is 1. The maximum atomic E-state index is 3.70. The number of nitrogens with zero attached hydrogens (tertiary/aromatic N) is 1. The summed E-state index contributed by atoms with van der Waals surface area (Å²) in [5.41, 5.74) is 3.22. The molecule has 0 aromatic heterocycles. The summed E-state index contributed by atoms with van der Waals surface area (Å²) in [7, 11) is 2.25. The van der Waals surface area contributed by atoms with Gasteiger partial charge in [0, 0.05) is 25.7 Å². The molecule has 0 amide bonds. The first-order valence-electron chi connectivity index (χ1n) is 7.99. The molecule has 0 saturated heterocycles. The van der Waals surface area contributed by atoms with Crippen LogP contribution in [0.25, 0.3) is 0 Å². The normalized spacial score (nSPS) is 18.2. The second-order valence-electron chi connectivity index (χ2n) is 6.92. The number of aryl methyl sites for hydroxylation is 1. The molecule has 0 aliphatic heterocycles. The zero-order chi connectivity index (χ0) is 14.6. The fourth-order valence-electron chi connectivity index (χ4n) is 2.76. The quantitative estimate of drug-likeness (QED) is 0.779. The lowest BCUT2D eigenvalue weighted by atomic mass is 9.86. The van der Waals surface area contributed by atoms with Crippen LogP contribution in [0.5, 0.6) is 0 Å². The van der Waals surface area contributed by atoms with E-state index in [2.05, 4.69) is 62.3 Å². The molecule has 0 heterocycles. The number of rotatable bonds is 8. The molecule has 1 N–H and O–H groups in total. The zero-order valence-electron chi connectivity index (χ0n) is 13.6. The molecule has 20 heavy (non-hydrogen) atoms. The summed E-state index contributed by atoms with van der Waals surface area (Å²) in [6.07, 6.45) is 3.97. The average Bonchev–Trinajstić information content (AvgIpc) is 3.23. The Hall–Kier alpha value is -0.860. The van der Waals surface area contributed by atoms with Crippen molar-refractivity contribution >= 4 is 0 Å². The van der Waals surface area contributed by atoms with Crippen LogP contribution in [-0.4, -0.2) is 31.1 Å². The van der Waals surface area contributed by atoms with Crippen molar-refractivity contribution in [1.29, 1.82) is 0 Å². The van der Waals surface area contributed by atoms with E-state index in [9.17, 15) is 0 Å². The van der Waals surface area contributed by atoms with Crippen LogP contribution in [0.4, 0.5) is 0 Å². The summed E-state index contributed by atoms with van der Waals surface area (Å²) >= 11 is 0. The molecule has 0 radical (unpaired) electrons. The highest BCUT2D eigenvalue weighted by atomic mass is 15.1. The summed E-state index contributed by atoms with van der Waals surface area (Å²) in [4.78, 5) is 2.47. The van der Waals surface area contributed by atoms with Crippen molar-refractivity contribution in [3.63, 3.8) is 0 Å². The van der Waals surface area contributed by atoms with Crippen molar-refractivity contribution in [1.82, 2.24) is 10.2 Å². The SMILES string of the molecule is CCC(C)(CNC1CC1)CN(C)Cc1ccccc1C. The van der Waals surface area contributed by atoms with Crippen LogP contribution >= 0.6 is 0 Å². The number of hydrogen-bond acceptors (Lipinski definition) is 2. The predicted octanol–water partition coefficient (Wildman–Crippen LogP) is 3.60. The van der Waals surface area contributed by atoms with Crippen molar-refractivity contribution in [2.24, 2.45) is 5.41 Å². The largest absolute Gasteiger partial charge is 0.313 e. The van der Waals surface area contributed by atoms with Gasteiger partial charge in [-0.25, -0.2) is 0 Å². The second kappa shape index (κ2) is 6.73. The summed E-state index contributed by atoms with van der Waals surface area (Å²) in [6.45, 7) is 10.3. The van der Waals surface area contributed by atoms with Gasteiger partial charge in [0.1, 0.15) is 0 Å². The Morgan fingerprint density at radius 3 is 2.60 bits per heavy atom. The van der Waals surface area contributed by atoms with Crippen molar-refractivity contribution in [2.45, 2.75) is 52.6 Å². The Kier molecular flexibility index (Phi) is 5.22. The molecule has 1 saturated carbocycles. The topological polar surface area (TPSA) is 15.3 Å². The van der Waals surface area contributed by atoms with Gasteiger partial charge in [0.25, 0.3) is 0 Å². The Labute approximate surface area is 124 Å². The highest BCUT2D eigenvalue weighted by molar-refractivity contribution is 5.25. The lowest BCUT2D eigenvalue weighted by Crippen LogP contribution is -2.41. The first kappa shape index (κ1) is 15.5. The van der Waals surface area contributed by atoms with Crippen LogP contribution in [-0.2, 0) is 6.54 Å². The van der Waals surface area contributed by atoms with Crippen LogP contribution < -0.4 is 5.32 Å². The Balaban J connectivity index is 1.87. The van der Waals surface area contributed by atoms with E-state index >= 15 is 0 Å². The minimum atomic E-state index is 0.375. The van der Waals surface area contributed by atoms with Crippen molar-refractivity contribution < 1.29 is 0 Å². The van der Waals surface area contributed by atoms with Crippen LogP contribution in [0.3, 0.4) is 0 Å². The zero-order valence-corrected chi connectivity index (χ0v) is 13.6. The van der Waals surface area contributed by atoms with Gasteiger partial charge in [-0.2, -0.15) is 0 Å². The Morgan fingerprint density at radius 1 is 1.30 bits per heavy atom. The fraction of sp³-hybridized carbons (Fsp3) is 0.667. The van der Waals surface area contributed by atoms with E-state index in [4.69, 9.17) is 0 Å². The summed E-state index contributed by atoms with van der Waals surface area (Å²) in [5, 5.41) is 3.70. The molecule has 1 aliphatic rings. The van der Waals surface area contributed by atoms with Crippen LogP contribution in [0.2, 0.25) is 0 Å². The van der Waals surface area contributed by atoms with E-state index in [1.165, 1.54) is 30.4 Å². The molecule has 1 aromatic rings. The molecule has 2 nitrogen and oxygen atoms in total. The van der Waals surface area contributed by atoms with E-state index in [-0.39, 0.29) is 0 Å². The molecule has 1 atom stereocenters. The summed E-state index contributed by atoms with van der Waals surface area (Å²) in [6, 6.07) is 9.52. The maximum Gasteiger partial charge on any atom is 0.0233 e. The second-order valence-corrected chi connectivity index (χ2v) is 6.92. The minimum absolute atomic E-state index is 0.375. The van der Waals surface area contributed by atoms with E-state index in [0.717, 1.165) is 25.7 Å². The minimum Gasteiger partial charge on any atom is -0.313 e. The average molecular weight is 274 g/mol. The maximum absolute atomic E-state index is 3.70. The molecule has 1 aliphatic carbocycles. The molecule has 2 rings (SSSR count). The summed E-state index contributed by atoms with van der Waals surface area (Å²) in [5.74, 6) is 0. The molecule has 1 fully saturated rings. The molecule has 1 unspecified atom stereocenters. The number of nitrogens with one attached hydrogen (secondary N) is 1. The highest BCUT2D eigenvalue weighted by Crippen LogP contribution is 2.25. The van der Waals surface area contributed by atoms with E-state index in [1.807, 2.05) is 0 Å². The van der Waals surface area contributed by atoms with Crippen LogP contribution in [0, 0.1) is 12.3 Å². The van der Waals surface area contributed by atoms with Crippen LogP contribution in [0.1, 0.15) is 44.2 Å². The van der Waals surface area contributed by atoms with Crippen molar-refractivity contribution in [3.05, 3.63) is 35.4 Å². The fourth-order valence-corrected chi connectivity index (χ4v) is 2.76. The van der Waals surface area contributed by atoms with Gasteiger partial charge in [-0.1, -0.05) is 38.1 Å². The van der Waals surface area contributed by atoms with Crippen molar-refractivity contribution in [3.8, 4) is 0 Å². The first-order chi connectivity index (χ1) is 9.52. The highest BCUT2D eigenvalue weighted by Gasteiger charge is 2.28. The van der Waals surface area contributed by atoms with Gasteiger partial charge in [0.05, 0.1) is 0 Å². The van der Waals surface area contributed by atoms with E-state index in [1.54, 1.807) is 0 Å². The van der Waals surface area contributed by atoms with Gasteiger partial charge in [0.2, 0.25) is 0 Å². The van der Waals surface area contributed by atoms with Gasteiger partial charge in [0.15, 0.2) is 0 Å². The van der Waals surface area contributed by atoms with Gasteiger partial charge in [-0.05, 0) is 49.8 Å². The lowest BCUT2D eigenvalue weighted by Gasteiger charge is -2.33. The van der Waals surface area contributed by atoms with Gasteiger partial charge in [-0.15, -0.1) is 0 Å². The molecular formula is C18H30N2. The molecule has 2 heteroatoms. The van der Waals surface area contributed by atoms with Gasteiger partial charge >= 0.3 is 0 Å². The molecule has 1 aromatic carbocycles. The standard InChI is InChI=1S/C18H30N2/c1-5-18(3,13-19-17-10-11-17)14-20(4)12-16-9-7-6-8-15(16)2/h6-9,17,19H,5,10-14H2,1-4H3. The summed E-state index contributed by atoms with van der Waals surface area (Å²) < 4.78 is 0. The monoisotopic (exact) mass is 274 g/mol. The van der Waals surface area contributed by atoms with Gasteiger partial charge < -0.3 is 10.2 Å². The Morgan fingerprint density at radius 2 is 2.00 bits per heavy atom. The third-order valence-electron chi connectivity index (χ3n) is 4.60. The van der Waals surface area contributed by atoms with E-state index in [0.29, 0.717) is 5.41 Å².